The molecule has 0 radical (unpaired) electrons. The van der Waals surface area contributed by atoms with E-state index in [1.54, 1.807) is 27.0 Å². The minimum atomic E-state index is -2.53. The lowest BCUT2D eigenvalue weighted by Gasteiger charge is -2.47. The van der Waals surface area contributed by atoms with E-state index >= 15 is 0 Å². The molecule has 14 atom stereocenters. The van der Waals surface area contributed by atoms with Crippen LogP contribution >= 0.6 is 0 Å². The van der Waals surface area contributed by atoms with Gasteiger partial charge in [-0.1, -0.05) is 57.4 Å². The van der Waals surface area contributed by atoms with Gasteiger partial charge in [0.1, 0.15) is 24.0 Å². The Bertz CT molecular complexity index is 1480. The minimum absolute atomic E-state index is 0.0115. The van der Waals surface area contributed by atoms with Crippen LogP contribution in [0.3, 0.4) is 0 Å². The number of fused-ring (bicyclic) bond motifs is 3. The quantitative estimate of drug-likeness (QED) is 0.185. The van der Waals surface area contributed by atoms with Crippen LogP contribution in [0.25, 0.3) is 0 Å². The van der Waals surface area contributed by atoms with E-state index in [1.807, 2.05) is 32.9 Å². The van der Waals surface area contributed by atoms with E-state index in [2.05, 4.69) is 6.58 Å². The van der Waals surface area contributed by atoms with Crippen molar-refractivity contribution in [3.8, 4) is 0 Å². The maximum Gasteiger partial charge on any atom is 0.329 e. The first kappa shape index (κ1) is 46.9. The maximum atomic E-state index is 14.4. The van der Waals surface area contributed by atoms with Crippen molar-refractivity contribution in [2.45, 2.75) is 160 Å². The monoisotopic (exact) mass is 803 g/mol. The van der Waals surface area contributed by atoms with Gasteiger partial charge in [-0.3, -0.25) is 14.4 Å². The molecule has 0 spiro atoms. The van der Waals surface area contributed by atoms with Crippen LogP contribution in [-0.2, 0) is 42.9 Å². The predicted octanol–water partition coefficient (Wildman–Crippen LogP) is 4.64. The van der Waals surface area contributed by atoms with Crippen molar-refractivity contribution in [2.75, 3.05) is 27.9 Å². The topological polar surface area (TPSA) is 178 Å². The molecule has 57 heavy (non-hydrogen) atoms. The Hall–Kier alpha value is -2.78. The highest BCUT2D eigenvalue weighted by Crippen LogP contribution is 2.40. The van der Waals surface area contributed by atoms with E-state index in [-0.39, 0.29) is 49.5 Å². The molecule has 13 heteroatoms. The molecule has 1 aliphatic carbocycles. The third-order valence-electron chi connectivity index (χ3n) is 13.0. The first-order chi connectivity index (χ1) is 27.0. The van der Waals surface area contributed by atoms with E-state index < -0.39 is 83.9 Å². The lowest BCUT2D eigenvalue weighted by atomic mass is 9.80. The number of allylic oxidation sites excluding steroid dienone is 4. The molecule has 3 aliphatic heterocycles. The molecular formula is C44H69NO12. The van der Waals surface area contributed by atoms with Gasteiger partial charge in [0.2, 0.25) is 5.79 Å². The number of carbonyl (C=O) groups is 4. The van der Waals surface area contributed by atoms with Crippen molar-refractivity contribution in [3.63, 3.8) is 0 Å². The number of esters is 1. The second-order valence-electron chi connectivity index (χ2n) is 17.2. The average Bonchev–Trinajstić information content (AvgIpc) is 3.44. The summed E-state index contributed by atoms with van der Waals surface area (Å²) in [6.07, 6.45) is 4.80. The summed E-state index contributed by atoms with van der Waals surface area (Å²) in [5.74, 6) is -8.11. The highest BCUT2D eigenvalue weighted by molar-refractivity contribution is 6.39. The van der Waals surface area contributed by atoms with Crippen molar-refractivity contribution in [2.24, 2.45) is 29.6 Å². The molecule has 0 aromatic carbocycles. The number of hydrogen-bond donors (Lipinski definition) is 3. The Morgan fingerprint density at radius 3 is 2.30 bits per heavy atom. The van der Waals surface area contributed by atoms with Gasteiger partial charge in [-0.2, -0.15) is 0 Å². The number of aliphatic hydroxyl groups is 3. The molecular weight excluding hydrogens is 734 g/mol. The largest absolute Gasteiger partial charge is 0.456 e. The van der Waals surface area contributed by atoms with Gasteiger partial charge in [-0.15, -0.1) is 6.58 Å². The summed E-state index contributed by atoms with van der Waals surface area (Å²) < 4.78 is 29.9. The van der Waals surface area contributed by atoms with E-state index in [4.69, 9.17) is 23.7 Å². The average molecular weight is 804 g/mol. The molecule has 2 saturated heterocycles. The SMILES string of the molecule is C=CCC1C=C(C)CC(C)C(OC)C2OC(O)(C(=O)C(=O)N3CCCCCC3C(=O)OC(C(C)=CC3CCC(O)C(OC)C3)C(C)C(O)CC1=O)C(C)CC2OC. The summed E-state index contributed by atoms with van der Waals surface area (Å²) >= 11 is 0. The standard InChI is InChI=1S/C44H69NO12/c1-10-14-31-20-25(2)19-26(3)39(55-9)40-37(54-8)22-28(5)44(52,57-40)41(49)42(50)45-18-13-11-12-15-32(45)43(51)56-38(29(6)34(47)24-35(31)48)27(4)21-30-16-17-33(46)36(23-30)53-7/h10,20-21,26,28-34,36-40,46-47,52H,1,11-19,22-24H2,2-9H3. The zero-order chi connectivity index (χ0) is 42.2. The van der Waals surface area contributed by atoms with E-state index in [0.29, 0.717) is 56.9 Å². The number of amides is 1. The normalized spacial score (nSPS) is 40.1. The van der Waals surface area contributed by atoms with Crippen LogP contribution in [0.4, 0.5) is 0 Å². The summed E-state index contributed by atoms with van der Waals surface area (Å²) in [5.41, 5.74) is 1.53. The van der Waals surface area contributed by atoms with E-state index in [9.17, 15) is 34.5 Å². The van der Waals surface area contributed by atoms with Crippen LogP contribution in [0.15, 0.2) is 36.0 Å². The van der Waals surface area contributed by atoms with E-state index in [0.717, 1.165) is 5.57 Å². The van der Waals surface area contributed by atoms with Gasteiger partial charge >= 0.3 is 5.97 Å². The molecule has 1 saturated carbocycles. The zero-order valence-electron chi connectivity index (χ0n) is 35.4. The van der Waals surface area contributed by atoms with Crippen LogP contribution in [0.1, 0.15) is 105 Å². The maximum absolute atomic E-state index is 14.4. The lowest BCUT2D eigenvalue weighted by molar-refractivity contribution is -0.305. The number of Topliss-reactive ketones (excluding diaryl/α,β-unsaturated/α-hetero) is 2. The summed E-state index contributed by atoms with van der Waals surface area (Å²) in [6.45, 7) is 13.0. The van der Waals surface area contributed by atoms with Crippen molar-refractivity contribution >= 4 is 23.4 Å². The van der Waals surface area contributed by atoms with Crippen molar-refractivity contribution in [1.29, 1.82) is 0 Å². The Labute approximate surface area is 339 Å². The third kappa shape index (κ3) is 11.1. The Morgan fingerprint density at radius 1 is 0.947 bits per heavy atom. The summed E-state index contributed by atoms with van der Waals surface area (Å²) in [5, 5.41) is 34.3. The fourth-order valence-corrected chi connectivity index (χ4v) is 9.49. The van der Waals surface area contributed by atoms with Gasteiger partial charge in [-0.25, -0.2) is 4.79 Å². The fourth-order valence-electron chi connectivity index (χ4n) is 9.49. The van der Waals surface area contributed by atoms with Crippen molar-refractivity contribution in [3.05, 3.63) is 36.0 Å². The highest BCUT2D eigenvalue weighted by atomic mass is 16.7. The molecule has 0 aromatic heterocycles. The van der Waals surface area contributed by atoms with Crippen molar-refractivity contribution < 1.29 is 58.2 Å². The molecule has 0 aromatic rings. The molecule has 3 fully saturated rings. The molecule has 322 valence electrons. The Balaban J connectivity index is 1.81. The number of ketones is 2. The van der Waals surface area contributed by atoms with E-state index in [1.165, 1.54) is 19.1 Å². The van der Waals surface area contributed by atoms with Gasteiger partial charge in [0, 0.05) is 52.0 Å². The van der Waals surface area contributed by atoms with Crippen LogP contribution in [0, 0.1) is 29.6 Å². The molecule has 3 N–H and O–H groups in total. The number of methoxy groups -OCH3 is 3. The second-order valence-corrected chi connectivity index (χ2v) is 17.2. The minimum Gasteiger partial charge on any atom is -0.456 e. The predicted molar refractivity (Wildman–Crippen MR) is 213 cm³/mol. The molecule has 4 rings (SSSR count). The number of carbonyl (C=O) groups excluding carboxylic acids is 4. The molecule has 2 bridgehead atoms. The smallest absolute Gasteiger partial charge is 0.329 e. The molecule has 1 amide bonds. The number of nitrogens with zero attached hydrogens (tertiary/aromatic N) is 1. The number of ether oxygens (including phenoxy) is 5. The van der Waals surface area contributed by atoms with Crippen molar-refractivity contribution in [1.82, 2.24) is 4.90 Å². The van der Waals surface area contributed by atoms with Gasteiger partial charge < -0.3 is 43.9 Å². The van der Waals surface area contributed by atoms with Gasteiger partial charge in [0.15, 0.2) is 0 Å². The van der Waals surface area contributed by atoms with Gasteiger partial charge in [0.05, 0.1) is 30.5 Å². The van der Waals surface area contributed by atoms with Crippen LogP contribution in [-0.4, -0.2) is 126 Å². The number of aliphatic hydroxyl groups excluding tert-OH is 2. The number of hydrogen-bond acceptors (Lipinski definition) is 12. The van der Waals surface area contributed by atoms with Gasteiger partial charge in [-0.05, 0) is 82.6 Å². The molecule has 4 aliphatic rings. The van der Waals surface area contributed by atoms with Gasteiger partial charge in [0.25, 0.3) is 11.7 Å². The number of cyclic esters (lactones) is 1. The first-order valence-electron chi connectivity index (χ1n) is 20.9. The molecule has 14 unspecified atom stereocenters. The third-order valence-corrected chi connectivity index (χ3v) is 13.0. The molecule has 13 nitrogen and oxygen atoms in total. The Morgan fingerprint density at radius 2 is 1.65 bits per heavy atom. The first-order valence-corrected chi connectivity index (χ1v) is 20.9. The zero-order valence-corrected chi connectivity index (χ0v) is 35.4. The van der Waals surface area contributed by atoms with Crippen LogP contribution < -0.4 is 0 Å². The summed E-state index contributed by atoms with van der Waals surface area (Å²) in [6, 6.07) is -1.15. The highest BCUT2D eigenvalue weighted by Gasteiger charge is 2.57. The van der Waals surface area contributed by atoms with Crippen LogP contribution in [0.5, 0.6) is 0 Å². The fraction of sp³-hybridized carbons (Fsp3) is 0.773. The number of rotatable bonds is 7. The lowest BCUT2D eigenvalue weighted by Crippen LogP contribution is -2.64. The molecule has 3 heterocycles. The second kappa shape index (κ2) is 21.0. The Kier molecular flexibility index (Phi) is 17.2. The van der Waals surface area contributed by atoms with Crippen LogP contribution in [0.2, 0.25) is 0 Å². The summed E-state index contributed by atoms with van der Waals surface area (Å²) in [4.78, 5) is 58.3. The summed E-state index contributed by atoms with van der Waals surface area (Å²) in [7, 11) is 4.59.